The van der Waals surface area contributed by atoms with E-state index in [-0.39, 0.29) is 5.91 Å². The number of carbonyl (C=O) groups excluding carboxylic acids is 1. The molecule has 3 aromatic rings. The van der Waals surface area contributed by atoms with Crippen LogP contribution in [0, 0.1) is 0 Å². The zero-order chi connectivity index (χ0) is 19.5. The number of amides is 1. The molecule has 1 aliphatic rings. The lowest BCUT2D eigenvalue weighted by atomic mass is 10.1. The third-order valence-corrected chi connectivity index (χ3v) is 5.09. The standard InChI is InChI=1S/C20H25N7O/c1-25(2)19(28)14-26-12-10-16(11-13-26)21-17-8-9-18-22-23-20(27(18)24-17)15-6-4-3-5-7-15/h3-9,16H,10-14H2,1-2H3,(H,21,24). The lowest BCUT2D eigenvalue weighted by Crippen LogP contribution is -2.44. The van der Waals surface area contributed by atoms with Gasteiger partial charge in [0, 0.05) is 38.8 Å². The molecule has 3 heterocycles. The third kappa shape index (κ3) is 3.96. The maximum absolute atomic E-state index is 11.9. The minimum absolute atomic E-state index is 0.152. The summed E-state index contributed by atoms with van der Waals surface area (Å²) in [5, 5.41) is 16.7. The Morgan fingerprint density at radius 2 is 1.86 bits per heavy atom. The molecule has 1 amide bonds. The van der Waals surface area contributed by atoms with Crippen molar-refractivity contribution in [2.45, 2.75) is 18.9 Å². The molecule has 0 atom stereocenters. The Kier molecular flexibility index (Phi) is 5.21. The van der Waals surface area contributed by atoms with E-state index < -0.39 is 0 Å². The van der Waals surface area contributed by atoms with Gasteiger partial charge < -0.3 is 10.2 Å². The third-order valence-electron chi connectivity index (χ3n) is 5.09. The summed E-state index contributed by atoms with van der Waals surface area (Å²) in [4.78, 5) is 15.7. The fraction of sp³-hybridized carbons (Fsp3) is 0.400. The fourth-order valence-corrected chi connectivity index (χ4v) is 3.41. The van der Waals surface area contributed by atoms with Gasteiger partial charge in [-0.1, -0.05) is 30.3 Å². The highest BCUT2D eigenvalue weighted by atomic mass is 16.2. The second kappa shape index (κ2) is 7.93. The van der Waals surface area contributed by atoms with Crippen molar-refractivity contribution in [2.75, 3.05) is 39.0 Å². The zero-order valence-corrected chi connectivity index (χ0v) is 16.2. The number of carbonyl (C=O) groups is 1. The van der Waals surface area contributed by atoms with Crippen molar-refractivity contribution < 1.29 is 4.79 Å². The first kappa shape index (κ1) is 18.4. The van der Waals surface area contributed by atoms with Gasteiger partial charge in [-0.2, -0.15) is 4.52 Å². The molecule has 28 heavy (non-hydrogen) atoms. The van der Waals surface area contributed by atoms with E-state index in [9.17, 15) is 4.79 Å². The van der Waals surface area contributed by atoms with E-state index in [0.29, 0.717) is 12.6 Å². The number of nitrogens with one attached hydrogen (secondary N) is 1. The van der Waals surface area contributed by atoms with Crippen molar-refractivity contribution in [3.63, 3.8) is 0 Å². The second-order valence-electron chi connectivity index (χ2n) is 7.36. The maximum atomic E-state index is 11.9. The van der Waals surface area contributed by atoms with Crippen LogP contribution in [0.3, 0.4) is 0 Å². The minimum Gasteiger partial charge on any atom is -0.366 e. The molecule has 1 aromatic carbocycles. The maximum Gasteiger partial charge on any atom is 0.236 e. The SMILES string of the molecule is CN(C)C(=O)CN1CCC(Nc2ccc3nnc(-c4ccccc4)n3n2)CC1. The fourth-order valence-electron chi connectivity index (χ4n) is 3.41. The summed E-state index contributed by atoms with van der Waals surface area (Å²) in [6, 6.07) is 14.2. The molecule has 0 unspecified atom stereocenters. The molecule has 4 rings (SSSR count). The topological polar surface area (TPSA) is 78.7 Å². The Balaban J connectivity index is 1.43. The zero-order valence-electron chi connectivity index (χ0n) is 16.2. The number of likely N-dealkylation sites (N-methyl/N-ethyl adjacent to an activating group) is 1. The van der Waals surface area contributed by atoms with Crippen LogP contribution in [0.1, 0.15) is 12.8 Å². The summed E-state index contributed by atoms with van der Waals surface area (Å²) in [6.07, 6.45) is 1.96. The number of hydrogen-bond acceptors (Lipinski definition) is 6. The van der Waals surface area contributed by atoms with Crippen LogP contribution < -0.4 is 5.32 Å². The lowest BCUT2D eigenvalue weighted by Gasteiger charge is -2.32. The van der Waals surface area contributed by atoms with Crippen molar-refractivity contribution >= 4 is 17.4 Å². The molecule has 1 fully saturated rings. The van der Waals surface area contributed by atoms with E-state index in [2.05, 4.69) is 20.4 Å². The Labute approximate surface area is 164 Å². The van der Waals surface area contributed by atoms with Crippen LogP contribution in [0.2, 0.25) is 0 Å². The Morgan fingerprint density at radius 1 is 1.11 bits per heavy atom. The van der Waals surface area contributed by atoms with Gasteiger partial charge >= 0.3 is 0 Å². The number of piperidine rings is 1. The number of rotatable bonds is 5. The highest BCUT2D eigenvalue weighted by molar-refractivity contribution is 5.77. The molecule has 1 aliphatic heterocycles. The van der Waals surface area contributed by atoms with Crippen LogP contribution in [0.25, 0.3) is 17.0 Å². The van der Waals surface area contributed by atoms with Gasteiger partial charge in [0.15, 0.2) is 11.5 Å². The first-order valence-electron chi connectivity index (χ1n) is 9.57. The summed E-state index contributed by atoms with van der Waals surface area (Å²) < 4.78 is 1.78. The van der Waals surface area contributed by atoms with Crippen LogP contribution in [-0.2, 0) is 4.79 Å². The Bertz CT molecular complexity index is 946. The van der Waals surface area contributed by atoms with Gasteiger partial charge in [-0.05, 0) is 25.0 Å². The molecule has 8 heteroatoms. The van der Waals surface area contributed by atoms with E-state index in [1.807, 2.05) is 42.5 Å². The van der Waals surface area contributed by atoms with Crippen LogP contribution in [0.5, 0.6) is 0 Å². The summed E-state index contributed by atoms with van der Waals surface area (Å²) in [7, 11) is 3.60. The second-order valence-corrected chi connectivity index (χ2v) is 7.36. The van der Waals surface area contributed by atoms with Gasteiger partial charge in [0.25, 0.3) is 0 Å². The molecule has 0 radical (unpaired) electrons. The van der Waals surface area contributed by atoms with Crippen molar-refractivity contribution in [2.24, 2.45) is 0 Å². The largest absolute Gasteiger partial charge is 0.366 e. The first-order chi connectivity index (χ1) is 13.6. The lowest BCUT2D eigenvalue weighted by molar-refractivity contribution is -0.130. The summed E-state index contributed by atoms with van der Waals surface area (Å²) in [5.41, 5.74) is 1.71. The van der Waals surface area contributed by atoms with Crippen molar-refractivity contribution in [3.05, 3.63) is 42.5 Å². The first-order valence-corrected chi connectivity index (χ1v) is 9.57. The number of likely N-dealkylation sites (tertiary alicyclic amines) is 1. The van der Waals surface area contributed by atoms with Gasteiger partial charge in [-0.15, -0.1) is 15.3 Å². The number of aromatic nitrogens is 4. The molecule has 0 bridgehead atoms. The normalized spacial score (nSPS) is 15.6. The molecule has 0 spiro atoms. The van der Waals surface area contributed by atoms with Gasteiger partial charge in [0.05, 0.1) is 6.54 Å². The highest BCUT2D eigenvalue weighted by Crippen LogP contribution is 2.19. The van der Waals surface area contributed by atoms with Gasteiger partial charge in [0.2, 0.25) is 5.91 Å². The molecular formula is C20H25N7O. The van der Waals surface area contributed by atoms with Gasteiger partial charge in [0.1, 0.15) is 5.82 Å². The molecule has 146 valence electrons. The van der Waals surface area contributed by atoms with Crippen LogP contribution in [0.4, 0.5) is 5.82 Å². The van der Waals surface area contributed by atoms with Crippen molar-refractivity contribution in [3.8, 4) is 11.4 Å². The van der Waals surface area contributed by atoms with E-state index in [4.69, 9.17) is 5.10 Å². The average molecular weight is 379 g/mol. The number of anilines is 1. The molecule has 0 saturated carbocycles. The smallest absolute Gasteiger partial charge is 0.236 e. The molecular weight excluding hydrogens is 354 g/mol. The van der Waals surface area contributed by atoms with Gasteiger partial charge in [-0.25, -0.2) is 0 Å². The van der Waals surface area contributed by atoms with Crippen LogP contribution >= 0.6 is 0 Å². The van der Waals surface area contributed by atoms with E-state index >= 15 is 0 Å². The van der Waals surface area contributed by atoms with E-state index in [0.717, 1.165) is 48.8 Å². The molecule has 8 nitrogen and oxygen atoms in total. The Hall–Kier alpha value is -3.00. The number of fused-ring (bicyclic) bond motifs is 1. The summed E-state index contributed by atoms with van der Waals surface area (Å²) in [5.74, 6) is 1.70. The highest BCUT2D eigenvalue weighted by Gasteiger charge is 2.22. The molecule has 2 aromatic heterocycles. The Morgan fingerprint density at radius 3 is 2.57 bits per heavy atom. The summed E-state index contributed by atoms with van der Waals surface area (Å²) in [6.45, 7) is 2.30. The predicted molar refractivity (Wildman–Crippen MR) is 108 cm³/mol. The average Bonchev–Trinajstić information content (AvgIpc) is 3.13. The summed E-state index contributed by atoms with van der Waals surface area (Å²) >= 11 is 0. The minimum atomic E-state index is 0.152. The number of nitrogens with zero attached hydrogens (tertiary/aromatic N) is 6. The number of hydrogen-bond donors (Lipinski definition) is 1. The molecule has 1 N–H and O–H groups in total. The quantitative estimate of drug-likeness (QED) is 0.728. The van der Waals surface area contributed by atoms with Crippen LogP contribution in [0.15, 0.2) is 42.5 Å². The molecule has 1 saturated heterocycles. The van der Waals surface area contributed by atoms with E-state index in [1.165, 1.54) is 0 Å². The van der Waals surface area contributed by atoms with E-state index in [1.54, 1.807) is 23.5 Å². The molecule has 0 aliphatic carbocycles. The van der Waals surface area contributed by atoms with Gasteiger partial charge in [-0.3, -0.25) is 9.69 Å². The van der Waals surface area contributed by atoms with Crippen LogP contribution in [-0.4, -0.2) is 75.3 Å². The van der Waals surface area contributed by atoms with Crippen molar-refractivity contribution in [1.29, 1.82) is 0 Å². The van der Waals surface area contributed by atoms with Crippen molar-refractivity contribution in [1.82, 2.24) is 29.6 Å². The number of benzene rings is 1. The monoisotopic (exact) mass is 379 g/mol. The predicted octanol–water partition coefficient (Wildman–Crippen LogP) is 1.76.